The Hall–Kier alpha value is -1.55. The molecule has 0 aliphatic rings. The maximum Gasteiger partial charge on any atom is 0.0754 e. The standard InChI is InChI=1S/C13H17ClN2O2/c1-3-4-5-9(2)15-16-12-8-10(13(17)18)6-7-11(12)14/h6-8,16H,3-5H2,1-2H3,(H,17,18)/p-1/b15-9-. The number of carboxylic acid groups (broad SMARTS) is 1. The summed E-state index contributed by atoms with van der Waals surface area (Å²) in [6, 6.07) is 4.32. The number of anilines is 1. The molecular weight excluding hydrogens is 252 g/mol. The van der Waals surface area contributed by atoms with Crippen LogP contribution in [0, 0.1) is 0 Å². The predicted molar refractivity (Wildman–Crippen MR) is 72.0 cm³/mol. The van der Waals surface area contributed by atoms with Crippen molar-refractivity contribution in [1.82, 2.24) is 0 Å². The van der Waals surface area contributed by atoms with Crippen LogP contribution in [0.3, 0.4) is 0 Å². The summed E-state index contributed by atoms with van der Waals surface area (Å²) in [6.07, 6.45) is 3.08. The van der Waals surface area contributed by atoms with Crippen LogP contribution in [0.2, 0.25) is 5.02 Å². The molecule has 0 radical (unpaired) electrons. The largest absolute Gasteiger partial charge is 0.545 e. The first-order valence-corrected chi connectivity index (χ1v) is 6.22. The minimum atomic E-state index is -1.23. The van der Waals surface area contributed by atoms with Crippen molar-refractivity contribution in [2.75, 3.05) is 5.43 Å². The Balaban J connectivity index is 2.77. The highest BCUT2D eigenvalue weighted by atomic mass is 35.5. The number of benzene rings is 1. The van der Waals surface area contributed by atoms with Gasteiger partial charge in [0.15, 0.2) is 0 Å². The SMILES string of the molecule is CCCC/C(C)=N\Nc1cc(C(=O)[O-])ccc1Cl. The van der Waals surface area contributed by atoms with Gasteiger partial charge >= 0.3 is 0 Å². The van der Waals surface area contributed by atoms with Gasteiger partial charge in [0, 0.05) is 5.71 Å². The summed E-state index contributed by atoms with van der Waals surface area (Å²) in [7, 11) is 0. The fraction of sp³-hybridized carbons (Fsp3) is 0.385. The molecule has 4 nitrogen and oxygen atoms in total. The van der Waals surface area contributed by atoms with Crippen LogP contribution in [-0.4, -0.2) is 11.7 Å². The summed E-state index contributed by atoms with van der Waals surface area (Å²) in [5.74, 6) is -1.23. The second-order valence-corrected chi connectivity index (χ2v) is 4.45. The third kappa shape index (κ3) is 4.37. The molecule has 0 amide bonds. The van der Waals surface area contributed by atoms with Crippen LogP contribution in [0.4, 0.5) is 5.69 Å². The smallest absolute Gasteiger partial charge is 0.0754 e. The number of aromatic carboxylic acids is 1. The molecule has 0 saturated heterocycles. The second-order valence-electron chi connectivity index (χ2n) is 4.04. The van der Waals surface area contributed by atoms with Gasteiger partial charge in [0.2, 0.25) is 0 Å². The van der Waals surface area contributed by atoms with E-state index in [2.05, 4.69) is 17.5 Å². The quantitative estimate of drug-likeness (QED) is 0.637. The second kappa shape index (κ2) is 7.01. The number of hydrazone groups is 1. The van der Waals surface area contributed by atoms with E-state index in [1.807, 2.05) is 6.92 Å². The molecule has 5 heteroatoms. The molecule has 0 aliphatic heterocycles. The van der Waals surface area contributed by atoms with Crippen LogP contribution >= 0.6 is 11.6 Å². The normalized spacial score (nSPS) is 11.4. The molecular formula is C13H16ClN2O2-. The van der Waals surface area contributed by atoms with E-state index < -0.39 is 5.97 Å². The van der Waals surface area contributed by atoms with Crippen molar-refractivity contribution in [3.05, 3.63) is 28.8 Å². The maximum atomic E-state index is 10.7. The number of nitrogens with one attached hydrogen (secondary N) is 1. The monoisotopic (exact) mass is 267 g/mol. The first-order valence-electron chi connectivity index (χ1n) is 5.84. The van der Waals surface area contributed by atoms with Gasteiger partial charge in [-0.05, 0) is 37.5 Å². The van der Waals surface area contributed by atoms with Crippen LogP contribution in [0.1, 0.15) is 43.5 Å². The van der Waals surface area contributed by atoms with Crippen LogP contribution in [0.25, 0.3) is 0 Å². The summed E-state index contributed by atoms with van der Waals surface area (Å²) >= 11 is 5.94. The molecule has 98 valence electrons. The number of hydrogen-bond donors (Lipinski definition) is 1. The minimum absolute atomic E-state index is 0.0725. The Bertz CT molecular complexity index is 458. The Morgan fingerprint density at radius 1 is 1.50 bits per heavy atom. The molecule has 0 aromatic heterocycles. The minimum Gasteiger partial charge on any atom is -0.545 e. The van der Waals surface area contributed by atoms with Gasteiger partial charge in [-0.25, -0.2) is 0 Å². The van der Waals surface area contributed by atoms with E-state index in [-0.39, 0.29) is 5.56 Å². The van der Waals surface area contributed by atoms with Crippen LogP contribution in [0.5, 0.6) is 0 Å². The average molecular weight is 268 g/mol. The van der Waals surface area contributed by atoms with Gasteiger partial charge in [-0.1, -0.05) is 31.0 Å². The maximum absolute atomic E-state index is 10.7. The first kappa shape index (κ1) is 14.5. The molecule has 0 saturated carbocycles. The number of unbranched alkanes of at least 4 members (excludes halogenated alkanes) is 1. The lowest BCUT2D eigenvalue weighted by atomic mass is 10.2. The molecule has 1 rings (SSSR count). The molecule has 0 atom stereocenters. The molecule has 0 aliphatic carbocycles. The van der Waals surface area contributed by atoms with Crippen LogP contribution in [0.15, 0.2) is 23.3 Å². The lowest BCUT2D eigenvalue weighted by Gasteiger charge is -2.08. The number of rotatable bonds is 6. The van der Waals surface area contributed by atoms with Crippen molar-refractivity contribution in [3.63, 3.8) is 0 Å². The summed E-state index contributed by atoms with van der Waals surface area (Å²) in [5, 5.41) is 15.3. The Morgan fingerprint density at radius 2 is 2.22 bits per heavy atom. The van der Waals surface area contributed by atoms with E-state index in [0.717, 1.165) is 25.0 Å². The predicted octanol–water partition coefficient (Wildman–Crippen LogP) is 2.68. The summed E-state index contributed by atoms with van der Waals surface area (Å²) in [4.78, 5) is 10.7. The van der Waals surface area contributed by atoms with E-state index in [1.165, 1.54) is 18.2 Å². The van der Waals surface area contributed by atoms with Gasteiger partial charge in [0.05, 0.1) is 16.7 Å². The number of hydrogen-bond acceptors (Lipinski definition) is 4. The number of nitrogens with zero attached hydrogens (tertiary/aromatic N) is 1. The van der Waals surface area contributed by atoms with Crippen molar-refractivity contribution in [3.8, 4) is 0 Å². The first-order chi connectivity index (χ1) is 8.54. The fourth-order valence-corrected chi connectivity index (χ4v) is 1.54. The zero-order chi connectivity index (χ0) is 13.5. The number of carbonyl (C=O) groups excluding carboxylic acids is 1. The van der Waals surface area contributed by atoms with Gasteiger partial charge in [0.25, 0.3) is 0 Å². The third-order valence-corrected chi connectivity index (χ3v) is 2.79. The van der Waals surface area contributed by atoms with E-state index in [1.54, 1.807) is 0 Å². The molecule has 18 heavy (non-hydrogen) atoms. The van der Waals surface area contributed by atoms with Crippen molar-refractivity contribution in [2.24, 2.45) is 5.10 Å². The number of halogens is 1. The van der Waals surface area contributed by atoms with Gasteiger partial charge in [-0.15, -0.1) is 0 Å². The van der Waals surface area contributed by atoms with Gasteiger partial charge in [-0.2, -0.15) is 5.10 Å². The van der Waals surface area contributed by atoms with E-state index >= 15 is 0 Å². The summed E-state index contributed by atoms with van der Waals surface area (Å²) in [5.41, 5.74) is 4.27. The molecule has 0 heterocycles. The van der Waals surface area contributed by atoms with E-state index in [4.69, 9.17) is 11.6 Å². The van der Waals surface area contributed by atoms with Gasteiger partial charge in [0.1, 0.15) is 0 Å². The van der Waals surface area contributed by atoms with Crippen LogP contribution in [-0.2, 0) is 0 Å². The number of carboxylic acids is 1. The molecule has 1 aromatic rings. The van der Waals surface area contributed by atoms with E-state index in [9.17, 15) is 9.90 Å². The summed E-state index contributed by atoms with van der Waals surface area (Å²) < 4.78 is 0. The molecule has 1 aromatic carbocycles. The highest BCUT2D eigenvalue weighted by molar-refractivity contribution is 6.33. The van der Waals surface area contributed by atoms with Crippen molar-refractivity contribution >= 4 is 29.0 Å². The van der Waals surface area contributed by atoms with Crippen molar-refractivity contribution < 1.29 is 9.90 Å². The zero-order valence-electron chi connectivity index (χ0n) is 10.5. The third-order valence-electron chi connectivity index (χ3n) is 2.46. The highest BCUT2D eigenvalue weighted by Crippen LogP contribution is 2.22. The lowest BCUT2D eigenvalue weighted by Crippen LogP contribution is -2.22. The van der Waals surface area contributed by atoms with Gasteiger partial charge in [-0.3, -0.25) is 5.43 Å². The fourth-order valence-electron chi connectivity index (χ4n) is 1.38. The molecule has 1 N–H and O–H groups in total. The topological polar surface area (TPSA) is 64.5 Å². The molecule has 0 bridgehead atoms. The van der Waals surface area contributed by atoms with Crippen LogP contribution < -0.4 is 10.5 Å². The lowest BCUT2D eigenvalue weighted by molar-refractivity contribution is -0.255. The highest BCUT2D eigenvalue weighted by Gasteiger charge is 2.02. The van der Waals surface area contributed by atoms with Gasteiger partial charge < -0.3 is 9.90 Å². The number of carbonyl (C=O) groups is 1. The Labute approximate surface area is 112 Å². The Morgan fingerprint density at radius 3 is 2.83 bits per heavy atom. The van der Waals surface area contributed by atoms with E-state index in [0.29, 0.717) is 10.7 Å². The molecule has 0 fully saturated rings. The molecule has 0 unspecified atom stereocenters. The summed E-state index contributed by atoms with van der Waals surface area (Å²) in [6.45, 7) is 4.03. The Kier molecular flexibility index (Phi) is 5.65. The van der Waals surface area contributed by atoms with Crippen molar-refractivity contribution in [1.29, 1.82) is 0 Å². The molecule has 0 spiro atoms. The average Bonchev–Trinajstić information content (AvgIpc) is 2.35. The van der Waals surface area contributed by atoms with Crippen molar-refractivity contribution in [2.45, 2.75) is 33.1 Å². The zero-order valence-corrected chi connectivity index (χ0v) is 11.3.